The first-order valence-electron chi connectivity index (χ1n) is 8.88. The summed E-state index contributed by atoms with van der Waals surface area (Å²) < 4.78 is 5.08. The van der Waals surface area contributed by atoms with Gasteiger partial charge in [0.25, 0.3) is 5.91 Å². The Morgan fingerprint density at radius 1 is 1.07 bits per heavy atom. The summed E-state index contributed by atoms with van der Waals surface area (Å²) in [7, 11) is 0. The molecule has 1 saturated heterocycles. The Morgan fingerprint density at radius 2 is 1.74 bits per heavy atom. The molecule has 1 aliphatic heterocycles. The van der Waals surface area contributed by atoms with Crippen LogP contribution in [0.15, 0.2) is 42.5 Å². The van der Waals surface area contributed by atoms with Crippen LogP contribution in [0.25, 0.3) is 0 Å². The molecular weight excluding hydrogens is 344 g/mol. The molecule has 1 N–H and O–H groups in total. The van der Waals surface area contributed by atoms with Gasteiger partial charge in [0.05, 0.1) is 5.56 Å². The van der Waals surface area contributed by atoms with Crippen molar-refractivity contribution in [2.45, 2.75) is 26.7 Å². The maximum Gasteiger partial charge on any atom is 0.338 e. The van der Waals surface area contributed by atoms with Crippen molar-refractivity contribution in [1.82, 2.24) is 0 Å². The molecular formula is C21H22N2O4. The lowest BCUT2D eigenvalue weighted by Gasteiger charge is -2.15. The van der Waals surface area contributed by atoms with E-state index in [9.17, 15) is 14.4 Å². The van der Waals surface area contributed by atoms with Crippen LogP contribution in [0.3, 0.4) is 0 Å². The number of ether oxygens (including phenoxy) is 1. The molecule has 1 aliphatic rings. The molecule has 0 atom stereocenters. The van der Waals surface area contributed by atoms with E-state index in [2.05, 4.69) is 5.32 Å². The number of esters is 1. The third-order valence-electron chi connectivity index (χ3n) is 4.33. The Hall–Kier alpha value is -3.15. The summed E-state index contributed by atoms with van der Waals surface area (Å²) in [6.07, 6.45) is 1.40. The Balaban J connectivity index is 1.54. The number of nitrogens with one attached hydrogen (secondary N) is 1. The molecule has 0 spiro atoms. The van der Waals surface area contributed by atoms with E-state index in [0.29, 0.717) is 24.2 Å². The van der Waals surface area contributed by atoms with Crippen molar-refractivity contribution in [3.63, 3.8) is 0 Å². The van der Waals surface area contributed by atoms with Crippen molar-refractivity contribution in [2.75, 3.05) is 23.4 Å². The van der Waals surface area contributed by atoms with Crippen molar-refractivity contribution < 1.29 is 19.1 Å². The number of anilines is 2. The van der Waals surface area contributed by atoms with Crippen LogP contribution >= 0.6 is 0 Å². The van der Waals surface area contributed by atoms with Gasteiger partial charge < -0.3 is 15.0 Å². The summed E-state index contributed by atoms with van der Waals surface area (Å²) in [6.45, 7) is 4.23. The maximum absolute atomic E-state index is 12.1. The van der Waals surface area contributed by atoms with Crippen molar-refractivity contribution in [1.29, 1.82) is 0 Å². The highest BCUT2D eigenvalue weighted by molar-refractivity contribution is 5.97. The number of benzene rings is 2. The average Bonchev–Trinajstić information content (AvgIpc) is 3.05. The second kappa shape index (κ2) is 8.03. The van der Waals surface area contributed by atoms with E-state index >= 15 is 0 Å². The molecule has 1 fully saturated rings. The van der Waals surface area contributed by atoms with Crippen LogP contribution < -0.4 is 10.2 Å². The third kappa shape index (κ3) is 4.73. The smallest absolute Gasteiger partial charge is 0.338 e. The normalized spacial score (nSPS) is 13.6. The summed E-state index contributed by atoms with van der Waals surface area (Å²) >= 11 is 0. The first-order valence-corrected chi connectivity index (χ1v) is 8.88. The van der Waals surface area contributed by atoms with Gasteiger partial charge in [0, 0.05) is 24.3 Å². The second-order valence-corrected chi connectivity index (χ2v) is 6.70. The van der Waals surface area contributed by atoms with Gasteiger partial charge in [-0.3, -0.25) is 9.59 Å². The van der Waals surface area contributed by atoms with E-state index in [-0.39, 0.29) is 12.5 Å². The molecule has 2 aromatic rings. The fourth-order valence-electron chi connectivity index (χ4n) is 3.16. The van der Waals surface area contributed by atoms with Crippen LogP contribution in [0.2, 0.25) is 0 Å². The van der Waals surface area contributed by atoms with E-state index < -0.39 is 11.9 Å². The van der Waals surface area contributed by atoms with Crippen LogP contribution in [-0.2, 0) is 14.3 Å². The molecule has 27 heavy (non-hydrogen) atoms. The highest BCUT2D eigenvalue weighted by Gasteiger charge is 2.21. The first kappa shape index (κ1) is 18.6. The quantitative estimate of drug-likeness (QED) is 0.825. The zero-order valence-corrected chi connectivity index (χ0v) is 15.5. The minimum absolute atomic E-state index is 0.0911. The van der Waals surface area contributed by atoms with Crippen molar-refractivity contribution in [2.24, 2.45) is 0 Å². The summed E-state index contributed by atoms with van der Waals surface area (Å²) in [5, 5.41) is 2.72. The number of hydrogen-bond acceptors (Lipinski definition) is 4. The van der Waals surface area contributed by atoms with Gasteiger partial charge in [-0.15, -0.1) is 0 Å². The van der Waals surface area contributed by atoms with Gasteiger partial charge in [0.2, 0.25) is 5.91 Å². The van der Waals surface area contributed by atoms with Gasteiger partial charge in [0.1, 0.15) is 0 Å². The van der Waals surface area contributed by atoms with Crippen LogP contribution in [0, 0.1) is 13.8 Å². The molecule has 3 rings (SSSR count). The fourth-order valence-corrected chi connectivity index (χ4v) is 3.16. The molecule has 6 heteroatoms. The van der Waals surface area contributed by atoms with Gasteiger partial charge in [-0.25, -0.2) is 4.79 Å². The molecule has 0 bridgehead atoms. The third-order valence-corrected chi connectivity index (χ3v) is 4.33. The fraction of sp³-hybridized carbons (Fsp3) is 0.286. The summed E-state index contributed by atoms with van der Waals surface area (Å²) in [6, 6.07) is 12.4. The van der Waals surface area contributed by atoms with Crippen molar-refractivity contribution in [3.05, 3.63) is 59.2 Å². The average molecular weight is 366 g/mol. The van der Waals surface area contributed by atoms with E-state index in [1.54, 1.807) is 29.2 Å². The van der Waals surface area contributed by atoms with Crippen molar-refractivity contribution in [3.8, 4) is 0 Å². The Labute approximate surface area is 158 Å². The minimum atomic E-state index is -0.579. The SMILES string of the molecule is Cc1cc(C)cc(NC(=O)COC(=O)c2ccc(N3CCCC3=O)cc2)c1. The number of nitrogens with zero attached hydrogens (tertiary/aromatic N) is 1. The zero-order chi connectivity index (χ0) is 19.4. The van der Waals surface area contributed by atoms with Gasteiger partial charge in [-0.1, -0.05) is 6.07 Å². The van der Waals surface area contributed by atoms with E-state index in [4.69, 9.17) is 4.74 Å². The van der Waals surface area contributed by atoms with Crippen LogP contribution in [0.1, 0.15) is 34.3 Å². The monoisotopic (exact) mass is 366 g/mol. The lowest BCUT2D eigenvalue weighted by Crippen LogP contribution is -2.23. The number of rotatable bonds is 5. The molecule has 1 heterocycles. The van der Waals surface area contributed by atoms with Crippen LogP contribution in [0.4, 0.5) is 11.4 Å². The van der Waals surface area contributed by atoms with Gasteiger partial charge in [0.15, 0.2) is 6.61 Å². The largest absolute Gasteiger partial charge is 0.452 e. The molecule has 0 aliphatic carbocycles. The second-order valence-electron chi connectivity index (χ2n) is 6.70. The molecule has 0 aromatic heterocycles. The topological polar surface area (TPSA) is 75.7 Å². The van der Waals surface area contributed by atoms with Crippen LogP contribution in [-0.4, -0.2) is 30.9 Å². The van der Waals surface area contributed by atoms with Gasteiger partial charge in [-0.05, 0) is 67.8 Å². The number of carbonyl (C=O) groups excluding carboxylic acids is 3. The summed E-state index contributed by atoms with van der Waals surface area (Å²) in [5.41, 5.74) is 3.86. The highest BCUT2D eigenvalue weighted by Crippen LogP contribution is 2.21. The predicted molar refractivity (Wildman–Crippen MR) is 103 cm³/mol. The highest BCUT2D eigenvalue weighted by atomic mass is 16.5. The molecule has 0 radical (unpaired) electrons. The zero-order valence-electron chi connectivity index (χ0n) is 15.5. The molecule has 2 amide bonds. The first-order chi connectivity index (χ1) is 12.9. The number of aryl methyl sites for hydroxylation is 2. The predicted octanol–water partition coefficient (Wildman–Crippen LogP) is 3.23. The Morgan fingerprint density at radius 3 is 2.33 bits per heavy atom. The summed E-state index contributed by atoms with van der Waals surface area (Å²) in [5.74, 6) is -0.883. The minimum Gasteiger partial charge on any atom is -0.452 e. The van der Waals surface area contributed by atoms with Crippen LogP contribution in [0.5, 0.6) is 0 Å². The lowest BCUT2D eigenvalue weighted by molar-refractivity contribution is -0.119. The maximum atomic E-state index is 12.1. The number of hydrogen-bond donors (Lipinski definition) is 1. The summed E-state index contributed by atoms with van der Waals surface area (Å²) in [4.78, 5) is 37.6. The molecule has 6 nitrogen and oxygen atoms in total. The van der Waals surface area contributed by atoms with E-state index in [0.717, 1.165) is 23.2 Å². The van der Waals surface area contributed by atoms with Gasteiger partial charge in [-0.2, -0.15) is 0 Å². The molecule has 2 aromatic carbocycles. The lowest BCUT2D eigenvalue weighted by atomic mass is 10.1. The Kier molecular flexibility index (Phi) is 5.54. The van der Waals surface area contributed by atoms with Crippen molar-refractivity contribution >= 4 is 29.2 Å². The standard InChI is InChI=1S/C21H22N2O4/c1-14-10-15(2)12-17(11-14)22-19(24)13-27-21(26)16-5-7-18(8-6-16)23-9-3-4-20(23)25/h5-8,10-12H,3-4,9,13H2,1-2H3,(H,22,24). The van der Waals surface area contributed by atoms with Gasteiger partial charge >= 0.3 is 5.97 Å². The van der Waals surface area contributed by atoms with E-state index in [1.165, 1.54) is 0 Å². The molecule has 140 valence electrons. The Bertz CT molecular complexity index is 854. The number of carbonyl (C=O) groups is 3. The van der Waals surface area contributed by atoms with E-state index in [1.807, 2.05) is 32.0 Å². The number of amides is 2. The molecule has 0 unspecified atom stereocenters. The molecule has 0 saturated carbocycles.